The summed E-state index contributed by atoms with van der Waals surface area (Å²) in [6, 6.07) is 10.4. The molecule has 3 aromatic rings. The van der Waals surface area contributed by atoms with Crippen LogP contribution in [0.3, 0.4) is 0 Å². The van der Waals surface area contributed by atoms with E-state index >= 15 is 0 Å². The van der Waals surface area contributed by atoms with E-state index < -0.39 is 5.60 Å². The van der Waals surface area contributed by atoms with Gasteiger partial charge in [0.25, 0.3) is 5.91 Å². The minimum atomic E-state index is -0.534. The molecular weight excluding hydrogens is 476 g/mol. The highest BCUT2D eigenvalue weighted by molar-refractivity contribution is 6.06. The summed E-state index contributed by atoms with van der Waals surface area (Å²) >= 11 is 0. The fourth-order valence-corrected chi connectivity index (χ4v) is 5.21. The number of anilines is 1. The van der Waals surface area contributed by atoms with E-state index in [1.165, 1.54) is 11.1 Å². The van der Waals surface area contributed by atoms with Gasteiger partial charge in [0.2, 0.25) is 0 Å². The van der Waals surface area contributed by atoms with Gasteiger partial charge in [0.1, 0.15) is 5.60 Å². The molecule has 1 fully saturated rings. The van der Waals surface area contributed by atoms with Crippen molar-refractivity contribution in [2.45, 2.75) is 79.8 Å². The van der Waals surface area contributed by atoms with Gasteiger partial charge in [-0.15, -0.1) is 0 Å². The molecule has 2 amide bonds. The Labute approximate surface area is 226 Å². The van der Waals surface area contributed by atoms with Gasteiger partial charge in [-0.05, 0) is 103 Å². The highest BCUT2D eigenvalue weighted by Crippen LogP contribution is 2.34. The van der Waals surface area contributed by atoms with Gasteiger partial charge >= 0.3 is 6.09 Å². The molecule has 0 radical (unpaired) electrons. The molecule has 2 aromatic carbocycles. The van der Waals surface area contributed by atoms with Gasteiger partial charge in [0.15, 0.2) is 0 Å². The number of hydrogen-bond acceptors (Lipinski definition) is 4. The number of rotatable bonds is 4. The maximum absolute atomic E-state index is 13.7. The predicted molar refractivity (Wildman–Crippen MR) is 151 cm³/mol. The highest BCUT2D eigenvalue weighted by atomic mass is 16.6. The van der Waals surface area contributed by atoms with Crippen molar-refractivity contribution < 1.29 is 14.3 Å². The highest BCUT2D eigenvalue weighted by Gasteiger charge is 2.32. The second-order valence-corrected chi connectivity index (χ2v) is 11.6. The molecule has 38 heavy (non-hydrogen) atoms. The summed E-state index contributed by atoms with van der Waals surface area (Å²) in [5, 5.41) is 7.87. The van der Waals surface area contributed by atoms with Crippen molar-refractivity contribution in [1.29, 1.82) is 0 Å². The lowest BCUT2D eigenvalue weighted by Gasteiger charge is -2.34. The molecule has 1 saturated heterocycles. The standard InChI is InChI=1S/C31H40N4O3/c1-19-15-22(4)27(23(5)16-19)33-29(36)26-18-32-35(25-10-9-20(2)21(3)17-25)28(26)24-11-13-34(14-12-24)30(37)38-31(6,7)8/h9-10,15-18,24H,11-14H2,1-8H3,(H,33,36). The normalized spacial score (nSPS) is 14.5. The molecule has 7 nitrogen and oxygen atoms in total. The van der Waals surface area contributed by atoms with Crippen molar-refractivity contribution in [1.82, 2.24) is 14.7 Å². The van der Waals surface area contributed by atoms with Gasteiger partial charge < -0.3 is 15.0 Å². The van der Waals surface area contributed by atoms with Gasteiger partial charge in [0.05, 0.1) is 23.1 Å². The van der Waals surface area contributed by atoms with E-state index in [-0.39, 0.29) is 17.9 Å². The van der Waals surface area contributed by atoms with Crippen LogP contribution in [0.25, 0.3) is 5.69 Å². The first-order valence-electron chi connectivity index (χ1n) is 13.4. The average molecular weight is 517 g/mol. The van der Waals surface area contributed by atoms with E-state index in [1.807, 2.05) is 45.4 Å². The topological polar surface area (TPSA) is 76.5 Å². The third-order valence-corrected chi connectivity index (χ3v) is 7.24. The minimum absolute atomic E-state index is 0.0683. The lowest BCUT2D eigenvalue weighted by molar-refractivity contribution is 0.0203. The van der Waals surface area contributed by atoms with E-state index in [1.54, 1.807) is 11.1 Å². The average Bonchev–Trinajstić information content (AvgIpc) is 3.27. The molecule has 0 atom stereocenters. The quantitative estimate of drug-likeness (QED) is 0.415. The zero-order chi connectivity index (χ0) is 27.8. The SMILES string of the molecule is Cc1cc(C)c(NC(=O)c2cnn(-c3ccc(C)c(C)c3)c2C2CCN(C(=O)OC(C)(C)C)CC2)c(C)c1. The molecule has 202 valence electrons. The Morgan fingerprint density at radius 3 is 2.13 bits per heavy atom. The van der Waals surface area contributed by atoms with Crippen LogP contribution >= 0.6 is 0 Å². The molecule has 1 N–H and O–H groups in total. The van der Waals surface area contributed by atoms with E-state index in [9.17, 15) is 9.59 Å². The smallest absolute Gasteiger partial charge is 0.410 e. The van der Waals surface area contributed by atoms with Gasteiger partial charge in [0, 0.05) is 24.7 Å². The fraction of sp³-hybridized carbons (Fsp3) is 0.452. The van der Waals surface area contributed by atoms with E-state index in [0.717, 1.165) is 46.6 Å². The van der Waals surface area contributed by atoms with Crippen LogP contribution in [0.4, 0.5) is 10.5 Å². The molecule has 0 spiro atoms. The molecule has 1 aliphatic rings. The molecule has 0 bridgehead atoms. The lowest BCUT2D eigenvalue weighted by Crippen LogP contribution is -2.41. The second-order valence-electron chi connectivity index (χ2n) is 11.6. The van der Waals surface area contributed by atoms with Gasteiger partial charge in [-0.1, -0.05) is 23.8 Å². The summed E-state index contributed by atoms with van der Waals surface area (Å²) < 4.78 is 7.49. The van der Waals surface area contributed by atoms with Gasteiger partial charge in [-0.3, -0.25) is 4.79 Å². The van der Waals surface area contributed by atoms with Gasteiger partial charge in [-0.2, -0.15) is 5.10 Å². The number of hydrogen-bond donors (Lipinski definition) is 1. The number of likely N-dealkylation sites (tertiary alicyclic amines) is 1. The minimum Gasteiger partial charge on any atom is -0.444 e. The van der Waals surface area contributed by atoms with Crippen LogP contribution in [0.2, 0.25) is 0 Å². The van der Waals surface area contributed by atoms with Crippen LogP contribution in [0.1, 0.15) is 83.4 Å². The van der Waals surface area contributed by atoms with Crippen LogP contribution in [-0.2, 0) is 4.74 Å². The van der Waals surface area contributed by atoms with Gasteiger partial charge in [-0.25, -0.2) is 9.48 Å². The molecule has 0 aliphatic carbocycles. The zero-order valence-electron chi connectivity index (χ0n) is 23.9. The number of aromatic nitrogens is 2. The zero-order valence-corrected chi connectivity index (χ0v) is 23.9. The van der Waals surface area contributed by atoms with Crippen molar-refractivity contribution >= 4 is 17.7 Å². The summed E-state index contributed by atoms with van der Waals surface area (Å²) in [5.74, 6) is -0.0986. The number of benzene rings is 2. The van der Waals surface area contributed by atoms with Crippen molar-refractivity contribution in [3.8, 4) is 5.69 Å². The Kier molecular flexibility index (Phi) is 7.68. The largest absolute Gasteiger partial charge is 0.444 e. The van der Waals surface area contributed by atoms with Crippen molar-refractivity contribution in [3.63, 3.8) is 0 Å². The Bertz CT molecular complexity index is 1330. The van der Waals surface area contributed by atoms with Crippen molar-refractivity contribution in [3.05, 3.63) is 75.6 Å². The summed E-state index contributed by atoms with van der Waals surface area (Å²) in [5.41, 5.74) is 8.29. The lowest BCUT2D eigenvalue weighted by atomic mass is 9.90. The number of amides is 2. The van der Waals surface area contributed by atoms with Crippen LogP contribution in [0.5, 0.6) is 0 Å². The first-order chi connectivity index (χ1) is 17.8. The van der Waals surface area contributed by atoms with E-state index in [4.69, 9.17) is 9.84 Å². The maximum Gasteiger partial charge on any atom is 0.410 e. The summed E-state index contributed by atoms with van der Waals surface area (Å²) in [6.07, 6.45) is 2.83. The molecule has 4 rings (SSSR count). The van der Waals surface area contributed by atoms with Crippen LogP contribution in [0.15, 0.2) is 36.5 Å². The van der Waals surface area contributed by atoms with Crippen LogP contribution < -0.4 is 5.32 Å². The van der Waals surface area contributed by atoms with E-state index in [0.29, 0.717) is 18.7 Å². The Morgan fingerprint density at radius 1 is 0.921 bits per heavy atom. The maximum atomic E-state index is 13.7. The number of aryl methyl sites for hydroxylation is 5. The molecule has 0 unspecified atom stereocenters. The third kappa shape index (κ3) is 5.93. The van der Waals surface area contributed by atoms with Crippen molar-refractivity contribution in [2.24, 2.45) is 0 Å². The van der Waals surface area contributed by atoms with E-state index in [2.05, 4.69) is 50.4 Å². The number of carbonyl (C=O) groups is 2. The number of nitrogens with zero attached hydrogens (tertiary/aromatic N) is 3. The second kappa shape index (κ2) is 10.6. The molecule has 1 aromatic heterocycles. The Morgan fingerprint density at radius 2 is 1.55 bits per heavy atom. The Balaban J connectivity index is 1.67. The number of carbonyl (C=O) groups excluding carboxylic acids is 2. The fourth-order valence-electron chi connectivity index (χ4n) is 5.21. The monoisotopic (exact) mass is 516 g/mol. The van der Waals surface area contributed by atoms with Crippen molar-refractivity contribution in [2.75, 3.05) is 18.4 Å². The molecular formula is C31H40N4O3. The van der Waals surface area contributed by atoms with Crippen LogP contribution in [0, 0.1) is 34.6 Å². The first-order valence-corrected chi connectivity index (χ1v) is 13.4. The van der Waals surface area contributed by atoms with Crippen LogP contribution in [-0.4, -0.2) is 45.4 Å². The molecule has 0 saturated carbocycles. The summed E-state index contributed by atoms with van der Waals surface area (Å²) in [7, 11) is 0. The first kappa shape index (κ1) is 27.4. The summed E-state index contributed by atoms with van der Waals surface area (Å²) in [4.78, 5) is 28.1. The Hall–Kier alpha value is -3.61. The number of ether oxygens (including phenoxy) is 1. The predicted octanol–water partition coefficient (Wildman–Crippen LogP) is 6.78. The molecule has 7 heteroatoms. The number of nitrogens with one attached hydrogen (secondary N) is 1. The summed E-state index contributed by atoms with van der Waals surface area (Å²) in [6.45, 7) is 17.0. The number of piperidine rings is 1. The molecule has 1 aliphatic heterocycles. The molecule has 2 heterocycles. The third-order valence-electron chi connectivity index (χ3n) is 7.24.